The number of carboxylic acid groups (broad SMARTS) is 1. The van der Waals surface area contributed by atoms with Crippen LogP contribution in [0.25, 0.3) is 0 Å². The van der Waals surface area contributed by atoms with Gasteiger partial charge in [-0.25, -0.2) is 4.79 Å². The maximum atomic E-state index is 11.3. The van der Waals surface area contributed by atoms with Crippen molar-refractivity contribution in [2.75, 3.05) is 6.54 Å². The summed E-state index contributed by atoms with van der Waals surface area (Å²) in [6.07, 6.45) is 0. The Hall–Kier alpha value is -2.75. The minimum atomic E-state index is -0.943. The molecule has 0 aromatic heterocycles. The fourth-order valence-electron chi connectivity index (χ4n) is 2.51. The number of aryl methyl sites for hydroxylation is 2. The molecule has 2 aromatic carbocycles. The minimum Gasteiger partial charge on any atom is -0.480 e. The number of nitrogens with zero attached hydrogens (tertiary/aromatic N) is 2. The molecule has 1 atom stereocenters. The van der Waals surface area contributed by atoms with Crippen LogP contribution in [-0.2, 0) is 4.79 Å². The Labute approximate surface area is 135 Å². The Kier molecular flexibility index (Phi) is 4.06. The summed E-state index contributed by atoms with van der Waals surface area (Å²) < 4.78 is 0. The van der Waals surface area contributed by atoms with Crippen LogP contribution in [0.3, 0.4) is 0 Å². The normalized spacial score (nSPS) is 17.4. The van der Waals surface area contributed by atoms with E-state index < -0.39 is 12.0 Å². The summed E-state index contributed by atoms with van der Waals surface area (Å²) in [5.41, 5.74) is 5.56. The molecule has 0 saturated carbocycles. The molecule has 4 heteroatoms. The molecular formula is C19H18N2O2. The number of carboxylic acids is 1. The zero-order valence-electron chi connectivity index (χ0n) is 13.2. The first-order chi connectivity index (χ1) is 11.0. The van der Waals surface area contributed by atoms with Crippen molar-refractivity contribution in [2.45, 2.75) is 19.9 Å². The molecule has 1 unspecified atom stereocenters. The molecule has 1 heterocycles. The second-order valence-corrected chi connectivity index (χ2v) is 5.75. The van der Waals surface area contributed by atoms with Crippen molar-refractivity contribution < 1.29 is 9.90 Å². The van der Waals surface area contributed by atoms with Gasteiger partial charge in [0.25, 0.3) is 0 Å². The van der Waals surface area contributed by atoms with Crippen molar-refractivity contribution in [3.63, 3.8) is 0 Å². The zero-order chi connectivity index (χ0) is 16.4. The van der Waals surface area contributed by atoms with E-state index in [0.717, 1.165) is 22.4 Å². The van der Waals surface area contributed by atoms with Gasteiger partial charge in [0.2, 0.25) is 0 Å². The first kappa shape index (κ1) is 15.2. The van der Waals surface area contributed by atoms with E-state index in [4.69, 9.17) is 0 Å². The molecule has 0 amide bonds. The lowest BCUT2D eigenvalue weighted by atomic mass is 9.96. The van der Waals surface area contributed by atoms with Crippen LogP contribution in [0.15, 0.2) is 58.5 Å². The first-order valence-electron chi connectivity index (χ1n) is 7.54. The third-order valence-electron chi connectivity index (χ3n) is 3.87. The molecular weight excluding hydrogens is 288 g/mol. The van der Waals surface area contributed by atoms with Crippen LogP contribution in [0.4, 0.5) is 0 Å². The van der Waals surface area contributed by atoms with Gasteiger partial charge in [0.15, 0.2) is 6.04 Å². The van der Waals surface area contributed by atoms with Crippen LogP contribution in [0.5, 0.6) is 0 Å². The summed E-state index contributed by atoms with van der Waals surface area (Å²) >= 11 is 0. The molecule has 0 fully saturated rings. The molecule has 0 bridgehead atoms. The van der Waals surface area contributed by atoms with Crippen molar-refractivity contribution in [2.24, 2.45) is 9.98 Å². The van der Waals surface area contributed by atoms with Gasteiger partial charge in [-0.2, -0.15) is 0 Å². The second kappa shape index (κ2) is 6.16. The molecule has 1 aliphatic heterocycles. The van der Waals surface area contributed by atoms with Gasteiger partial charge in [0.05, 0.1) is 18.0 Å². The number of hydrogen-bond acceptors (Lipinski definition) is 3. The highest BCUT2D eigenvalue weighted by molar-refractivity contribution is 6.54. The molecule has 4 nitrogen and oxygen atoms in total. The molecule has 3 rings (SSSR count). The van der Waals surface area contributed by atoms with Crippen LogP contribution in [0.1, 0.15) is 22.3 Å². The van der Waals surface area contributed by atoms with Crippen LogP contribution >= 0.6 is 0 Å². The molecule has 1 aliphatic rings. The average Bonchev–Trinajstić information content (AvgIpc) is 2.56. The molecule has 2 aromatic rings. The van der Waals surface area contributed by atoms with Crippen molar-refractivity contribution in [3.05, 3.63) is 70.8 Å². The third-order valence-corrected chi connectivity index (χ3v) is 3.87. The highest BCUT2D eigenvalue weighted by Crippen LogP contribution is 2.17. The van der Waals surface area contributed by atoms with E-state index in [-0.39, 0.29) is 6.54 Å². The van der Waals surface area contributed by atoms with Gasteiger partial charge >= 0.3 is 5.97 Å². The highest BCUT2D eigenvalue weighted by Gasteiger charge is 2.25. The quantitative estimate of drug-likeness (QED) is 0.947. The summed E-state index contributed by atoms with van der Waals surface area (Å²) in [6, 6.07) is 15.1. The summed E-state index contributed by atoms with van der Waals surface area (Å²) in [5, 5.41) is 9.26. The van der Waals surface area contributed by atoms with Crippen molar-refractivity contribution >= 4 is 17.4 Å². The second-order valence-electron chi connectivity index (χ2n) is 5.75. The van der Waals surface area contributed by atoms with Crippen LogP contribution < -0.4 is 0 Å². The molecule has 0 radical (unpaired) electrons. The summed E-state index contributed by atoms with van der Waals surface area (Å²) in [5.74, 6) is -0.943. The van der Waals surface area contributed by atoms with E-state index >= 15 is 0 Å². The molecule has 0 aliphatic carbocycles. The predicted octanol–water partition coefficient (Wildman–Crippen LogP) is 3.05. The Morgan fingerprint density at radius 1 is 0.913 bits per heavy atom. The number of benzene rings is 2. The minimum absolute atomic E-state index is 0.175. The highest BCUT2D eigenvalue weighted by atomic mass is 16.4. The topological polar surface area (TPSA) is 62.0 Å². The Balaban J connectivity index is 2.07. The number of carbonyl (C=O) groups is 1. The Morgan fingerprint density at radius 3 is 1.87 bits per heavy atom. The smallest absolute Gasteiger partial charge is 0.330 e. The maximum Gasteiger partial charge on any atom is 0.330 e. The standard InChI is InChI=1S/C19H18N2O2/c1-12-3-7-14(8-4-12)17-18(15-9-5-13(2)6-10-15)21-16(11-20-17)19(22)23/h3-10,16H,11H2,1-2H3,(H,22,23). The number of aliphatic imine (C=N–C) groups is 2. The third kappa shape index (κ3) is 3.21. The lowest BCUT2D eigenvalue weighted by molar-refractivity contribution is -0.138. The first-order valence-corrected chi connectivity index (χ1v) is 7.54. The van der Waals surface area contributed by atoms with E-state index in [2.05, 4.69) is 9.98 Å². The molecule has 1 N–H and O–H groups in total. The largest absolute Gasteiger partial charge is 0.480 e. The van der Waals surface area contributed by atoms with Crippen LogP contribution in [0.2, 0.25) is 0 Å². The molecule has 0 spiro atoms. The van der Waals surface area contributed by atoms with Gasteiger partial charge in [-0.05, 0) is 13.8 Å². The van der Waals surface area contributed by atoms with E-state index in [1.807, 2.05) is 62.4 Å². The van der Waals surface area contributed by atoms with Crippen molar-refractivity contribution in [1.29, 1.82) is 0 Å². The van der Waals surface area contributed by atoms with Gasteiger partial charge in [0, 0.05) is 11.1 Å². The number of aliphatic carboxylic acids is 1. The van der Waals surface area contributed by atoms with E-state index in [1.165, 1.54) is 5.56 Å². The fourth-order valence-corrected chi connectivity index (χ4v) is 2.51. The predicted molar refractivity (Wildman–Crippen MR) is 91.7 cm³/mol. The van der Waals surface area contributed by atoms with E-state index in [1.54, 1.807) is 0 Å². The summed E-state index contributed by atoms with van der Waals surface area (Å²) in [7, 11) is 0. The number of rotatable bonds is 3. The number of hydrogen-bond donors (Lipinski definition) is 1. The molecule has 116 valence electrons. The van der Waals surface area contributed by atoms with Crippen molar-refractivity contribution in [3.8, 4) is 0 Å². The zero-order valence-corrected chi connectivity index (χ0v) is 13.2. The van der Waals surface area contributed by atoms with Crippen molar-refractivity contribution in [1.82, 2.24) is 0 Å². The van der Waals surface area contributed by atoms with Gasteiger partial charge < -0.3 is 5.11 Å². The maximum absolute atomic E-state index is 11.3. The lowest BCUT2D eigenvalue weighted by Gasteiger charge is -2.19. The van der Waals surface area contributed by atoms with E-state index in [0.29, 0.717) is 5.71 Å². The lowest BCUT2D eigenvalue weighted by Crippen LogP contribution is -2.32. The molecule has 0 saturated heterocycles. The van der Waals surface area contributed by atoms with Gasteiger partial charge in [0.1, 0.15) is 0 Å². The average molecular weight is 306 g/mol. The van der Waals surface area contributed by atoms with Gasteiger partial charge in [-0.3, -0.25) is 9.98 Å². The summed E-state index contributed by atoms with van der Waals surface area (Å²) in [4.78, 5) is 20.3. The monoisotopic (exact) mass is 306 g/mol. The van der Waals surface area contributed by atoms with Crippen LogP contribution in [0, 0.1) is 13.8 Å². The molecule has 23 heavy (non-hydrogen) atoms. The van der Waals surface area contributed by atoms with Gasteiger partial charge in [-0.15, -0.1) is 0 Å². The van der Waals surface area contributed by atoms with E-state index in [9.17, 15) is 9.90 Å². The SMILES string of the molecule is Cc1ccc(C2=NCC(C(=O)O)N=C2c2ccc(C)cc2)cc1. The summed E-state index contributed by atoms with van der Waals surface area (Å²) in [6.45, 7) is 4.22. The Morgan fingerprint density at radius 2 is 1.39 bits per heavy atom. The fraction of sp³-hybridized carbons (Fsp3) is 0.211. The van der Waals surface area contributed by atoms with Gasteiger partial charge in [-0.1, -0.05) is 59.7 Å². The van der Waals surface area contributed by atoms with Crippen LogP contribution in [-0.4, -0.2) is 35.1 Å². The Bertz CT molecular complexity index is 787.